The number of carbonyl (C=O) groups excluding carboxylic acids is 1. The Bertz CT molecular complexity index is 905. The van der Waals surface area contributed by atoms with Crippen molar-refractivity contribution in [1.29, 1.82) is 0 Å². The Balaban J connectivity index is 1.92. The maximum Gasteiger partial charge on any atom is 0.238 e. The van der Waals surface area contributed by atoms with E-state index in [1.165, 1.54) is 5.56 Å². The Morgan fingerprint density at radius 3 is 2.36 bits per heavy atom. The van der Waals surface area contributed by atoms with Gasteiger partial charge in [0.25, 0.3) is 0 Å². The first-order valence-electron chi connectivity index (χ1n) is 8.31. The molecule has 2 atom stereocenters. The van der Waals surface area contributed by atoms with Crippen LogP contribution in [0.1, 0.15) is 29.0 Å². The lowest BCUT2D eigenvalue weighted by Crippen LogP contribution is -2.22. The van der Waals surface area contributed by atoms with Crippen LogP contribution in [0.15, 0.2) is 60.7 Å². The number of aromatic nitrogens is 2. The van der Waals surface area contributed by atoms with Crippen molar-refractivity contribution in [3.63, 3.8) is 0 Å². The Kier molecular flexibility index (Phi) is 4.09. The van der Waals surface area contributed by atoms with E-state index < -0.39 is 0 Å². The van der Waals surface area contributed by atoms with Gasteiger partial charge < -0.3 is 5.32 Å². The molecule has 126 valence electrons. The Morgan fingerprint density at radius 1 is 1.04 bits per heavy atom. The van der Waals surface area contributed by atoms with Gasteiger partial charge in [0.1, 0.15) is 5.82 Å². The number of benzene rings is 2. The van der Waals surface area contributed by atoms with Crippen molar-refractivity contribution in [3.8, 4) is 5.69 Å². The minimum Gasteiger partial charge on any atom is -0.309 e. The fourth-order valence-electron chi connectivity index (χ4n) is 3.15. The zero-order valence-corrected chi connectivity index (χ0v) is 15.0. The van der Waals surface area contributed by atoms with Crippen LogP contribution in [0.5, 0.6) is 0 Å². The Labute approximate surface area is 151 Å². The molecule has 0 saturated heterocycles. The van der Waals surface area contributed by atoms with Crippen molar-refractivity contribution in [1.82, 2.24) is 9.78 Å². The van der Waals surface area contributed by atoms with E-state index in [0.717, 1.165) is 22.8 Å². The zero-order chi connectivity index (χ0) is 17.4. The largest absolute Gasteiger partial charge is 0.309 e. The van der Waals surface area contributed by atoms with Gasteiger partial charge in [0.05, 0.1) is 21.9 Å². The first-order chi connectivity index (χ1) is 12.1. The molecule has 1 amide bonds. The summed E-state index contributed by atoms with van der Waals surface area (Å²) in [7, 11) is 0. The summed E-state index contributed by atoms with van der Waals surface area (Å²) in [5.41, 5.74) is 4.15. The summed E-state index contributed by atoms with van der Waals surface area (Å²) < 4.78 is 1.84. The number of amides is 1. The second-order valence-electron chi connectivity index (χ2n) is 6.15. The molecule has 1 aromatic heterocycles. The summed E-state index contributed by atoms with van der Waals surface area (Å²) in [4.78, 5) is 12.6. The molecule has 2 heterocycles. The average molecular weight is 349 g/mol. The van der Waals surface area contributed by atoms with Crippen LogP contribution < -0.4 is 5.32 Å². The van der Waals surface area contributed by atoms with Crippen molar-refractivity contribution >= 4 is 23.5 Å². The van der Waals surface area contributed by atoms with Crippen LogP contribution in [0.25, 0.3) is 5.69 Å². The summed E-state index contributed by atoms with van der Waals surface area (Å²) in [6.45, 7) is 3.97. The van der Waals surface area contributed by atoms with Gasteiger partial charge in [0.2, 0.25) is 5.91 Å². The highest BCUT2D eigenvalue weighted by Crippen LogP contribution is 2.45. The molecular weight excluding hydrogens is 330 g/mol. The fraction of sp³-hybridized carbons (Fsp3) is 0.200. The smallest absolute Gasteiger partial charge is 0.238 e. The summed E-state index contributed by atoms with van der Waals surface area (Å²) in [5, 5.41) is 7.76. The molecule has 0 saturated carbocycles. The van der Waals surface area contributed by atoms with E-state index in [1.54, 1.807) is 11.8 Å². The number of nitrogens with zero attached hydrogens (tertiary/aromatic N) is 2. The van der Waals surface area contributed by atoms with E-state index in [4.69, 9.17) is 5.10 Å². The molecule has 25 heavy (non-hydrogen) atoms. The van der Waals surface area contributed by atoms with Gasteiger partial charge in [0, 0.05) is 5.56 Å². The van der Waals surface area contributed by atoms with E-state index in [1.807, 2.05) is 67.1 Å². The molecule has 0 radical (unpaired) electrons. The second kappa shape index (κ2) is 6.41. The van der Waals surface area contributed by atoms with Crippen LogP contribution in [0, 0.1) is 6.92 Å². The number of anilines is 1. The molecule has 0 bridgehead atoms. The molecule has 3 aromatic rings. The van der Waals surface area contributed by atoms with Crippen molar-refractivity contribution in [2.75, 3.05) is 5.32 Å². The molecule has 1 N–H and O–H groups in total. The minimum absolute atomic E-state index is 0.0155. The van der Waals surface area contributed by atoms with Gasteiger partial charge in [0.15, 0.2) is 0 Å². The van der Waals surface area contributed by atoms with Crippen LogP contribution in [-0.4, -0.2) is 20.9 Å². The summed E-state index contributed by atoms with van der Waals surface area (Å²) in [6.07, 6.45) is 0. The van der Waals surface area contributed by atoms with Gasteiger partial charge in [-0.3, -0.25) is 4.79 Å². The van der Waals surface area contributed by atoms with E-state index in [9.17, 15) is 4.79 Å². The maximum absolute atomic E-state index is 12.6. The standard InChI is InChI=1S/C20H19N3OS/c1-13-17-18(15-9-5-3-6-10-15)25-14(2)20(24)21-19(17)23(22-13)16-11-7-4-8-12-16/h3-12,14,18H,1-2H3,(H,21,24)/t14-,18-/m1/s1. The third kappa shape index (κ3) is 2.85. The van der Waals surface area contributed by atoms with Crippen molar-refractivity contribution in [2.45, 2.75) is 24.3 Å². The average Bonchev–Trinajstić information content (AvgIpc) is 2.89. The third-order valence-corrected chi connectivity index (χ3v) is 5.83. The number of hydrogen-bond donors (Lipinski definition) is 1. The molecule has 0 spiro atoms. The molecular formula is C20H19N3OS. The van der Waals surface area contributed by atoms with Crippen molar-refractivity contribution in [3.05, 3.63) is 77.5 Å². The molecule has 1 aliphatic heterocycles. The molecule has 1 aliphatic rings. The Hall–Kier alpha value is -2.53. The number of aryl methyl sites for hydroxylation is 1. The highest BCUT2D eigenvalue weighted by atomic mass is 32.2. The van der Waals surface area contributed by atoms with Crippen LogP contribution in [0.2, 0.25) is 0 Å². The van der Waals surface area contributed by atoms with Crippen LogP contribution in [0.4, 0.5) is 5.82 Å². The number of carbonyl (C=O) groups is 1. The van der Waals surface area contributed by atoms with E-state index >= 15 is 0 Å². The van der Waals surface area contributed by atoms with Gasteiger partial charge in [-0.2, -0.15) is 5.10 Å². The minimum atomic E-state index is -0.138. The van der Waals surface area contributed by atoms with Crippen molar-refractivity contribution < 1.29 is 4.79 Å². The number of hydrogen-bond acceptors (Lipinski definition) is 3. The van der Waals surface area contributed by atoms with Crippen molar-refractivity contribution in [2.24, 2.45) is 0 Å². The first-order valence-corrected chi connectivity index (χ1v) is 9.25. The monoisotopic (exact) mass is 349 g/mol. The predicted octanol–water partition coefficient (Wildman–Crippen LogP) is 4.34. The van der Waals surface area contributed by atoms with Gasteiger partial charge in [-0.05, 0) is 31.5 Å². The van der Waals surface area contributed by atoms with Gasteiger partial charge in [-0.15, -0.1) is 11.8 Å². The number of fused-ring (bicyclic) bond motifs is 1. The van der Waals surface area contributed by atoms with E-state index in [0.29, 0.717) is 0 Å². The predicted molar refractivity (Wildman–Crippen MR) is 102 cm³/mol. The van der Waals surface area contributed by atoms with Crippen LogP contribution in [-0.2, 0) is 4.79 Å². The topological polar surface area (TPSA) is 46.9 Å². The summed E-state index contributed by atoms with van der Waals surface area (Å²) in [6, 6.07) is 20.2. The molecule has 0 unspecified atom stereocenters. The highest BCUT2D eigenvalue weighted by molar-refractivity contribution is 8.01. The molecule has 2 aromatic carbocycles. The summed E-state index contributed by atoms with van der Waals surface area (Å²) >= 11 is 1.67. The van der Waals surface area contributed by atoms with Gasteiger partial charge in [-0.1, -0.05) is 48.5 Å². The SMILES string of the molecule is Cc1nn(-c2ccccc2)c2c1[C@@H](c1ccccc1)S[C@H](C)C(=O)N2. The molecule has 0 fully saturated rings. The van der Waals surface area contributed by atoms with E-state index in [-0.39, 0.29) is 16.4 Å². The van der Waals surface area contributed by atoms with Crippen LogP contribution in [0.3, 0.4) is 0 Å². The molecule has 4 nitrogen and oxygen atoms in total. The lowest BCUT2D eigenvalue weighted by Gasteiger charge is -2.17. The molecule has 5 heteroatoms. The van der Waals surface area contributed by atoms with Gasteiger partial charge in [-0.25, -0.2) is 4.68 Å². The zero-order valence-electron chi connectivity index (χ0n) is 14.1. The third-order valence-electron chi connectivity index (χ3n) is 4.42. The second-order valence-corrected chi connectivity index (χ2v) is 7.60. The normalized spacial score (nSPS) is 19.8. The van der Waals surface area contributed by atoms with Gasteiger partial charge >= 0.3 is 0 Å². The fourth-order valence-corrected chi connectivity index (χ4v) is 4.48. The number of para-hydroxylation sites is 1. The molecule has 0 aliphatic carbocycles. The number of thioether (sulfide) groups is 1. The quantitative estimate of drug-likeness (QED) is 0.748. The lowest BCUT2D eigenvalue weighted by molar-refractivity contribution is -0.115. The van der Waals surface area contributed by atoms with Crippen LogP contribution >= 0.6 is 11.8 Å². The van der Waals surface area contributed by atoms with E-state index in [2.05, 4.69) is 17.4 Å². The number of nitrogens with one attached hydrogen (secondary N) is 1. The Morgan fingerprint density at radius 2 is 1.68 bits per heavy atom. The number of rotatable bonds is 2. The lowest BCUT2D eigenvalue weighted by atomic mass is 10.0. The molecule has 4 rings (SSSR count). The summed E-state index contributed by atoms with van der Waals surface area (Å²) in [5.74, 6) is 0.793. The maximum atomic E-state index is 12.6. The highest BCUT2D eigenvalue weighted by Gasteiger charge is 2.33. The first kappa shape index (κ1) is 16.0.